The summed E-state index contributed by atoms with van der Waals surface area (Å²) in [5.74, 6) is 1.50. The maximum atomic E-state index is 11.2. The topological polar surface area (TPSA) is 54.0 Å². The van der Waals surface area contributed by atoms with E-state index >= 15 is 0 Å². The first-order valence-corrected chi connectivity index (χ1v) is 7.34. The molecule has 0 unspecified atom stereocenters. The molecule has 0 heterocycles. The molecule has 0 fully saturated rings. The van der Waals surface area contributed by atoms with Gasteiger partial charge in [0.25, 0.3) is 0 Å². The molecule has 0 aromatic heterocycles. The van der Waals surface area contributed by atoms with E-state index in [9.17, 15) is 4.79 Å². The van der Waals surface area contributed by atoms with Gasteiger partial charge in [0.15, 0.2) is 11.5 Å². The summed E-state index contributed by atoms with van der Waals surface area (Å²) in [6, 6.07) is 11.3. The Morgan fingerprint density at radius 2 is 1.38 bits per heavy atom. The molecule has 0 aliphatic carbocycles. The Morgan fingerprint density at radius 1 is 0.833 bits per heavy atom. The number of benzene rings is 2. The summed E-state index contributed by atoms with van der Waals surface area (Å²) in [4.78, 5) is 11.2. The van der Waals surface area contributed by atoms with Crippen molar-refractivity contribution >= 4 is 18.1 Å². The Labute approximate surface area is 141 Å². The summed E-state index contributed by atoms with van der Waals surface area (Å²) in [5, 5.41) is 0. The second-order valence-corrected chi connectivity index (χ2v) is 4.95. The van der Waals surface area contributed by atoms with Crippen LogP contribution < -0.4 is 18.9 Å². The van der Waals surface area contributed by atoms with Gasteiger partial charge in [0, 0.05) is 6.92 Å². The van der Waals surface area contributed by atoms with Crippen LogP contribution in [-0.4, -0.2) is 27.3 Å². The first kappa shape index (κ1) is 17.4. The number of carbonyl (C=O) groups excluding carboxylic acids is 1. The molecule has 5 nitrogen and oxygen atoms in total. The number of carbonyl (C=O) groups is 1. The van der Waals surface area contributed by atoms with Crippen molar-refractivity contribution in [1.82, 2.24) is 0 Å². The zero-order valence-electron chi connectivity index (χ0n) is 14.2. The molecule has 0 saturated heterocycles. The molecule has 0 saturated carbocycles. The maximum absolute atomic E-state index is 11.2. The molecule has 126 valence electrons. The molecule has 24 heavy (non-hydrogen) atoms. The van der Waals surface area contributed by atoms with Gasteiger partial charge in [0.2, 0.25) is 5.75 Å². The Balaban J connectivity index is 2.32. The minimum atomic E-state index is -0.437. The summed E-state index contributed by atoms with van der Waals surface area (Å²) < 4.78 is 20.9. The van der Waals surface area contributed by atoms with Crippen molar-refractivity contribution in [3.8, 4) is 23.0 Å². The summed E-state index contributed by atoms with van der Waals surface area (Å²) in [6.45, 7) is 1.33. The normalized spacial score (nSPS) is 10.5. The number of methoxy groups -OCH3 is 3. The third kappa shape index (κ3) is 4.29. The highest BCUT2D eigenvalue weighted by Crippen LogP contribution is 2.39. The van der Waals surface area contributed by atoms with Crippen LogP contribution in [0.5, 0.6) is 23.0 Å². The van der Waals surface area contributed by atoms with E-state index in [-0.39, 0.29) is 5.75 Å². The molecule has 0 aliphatic heterocycles. The fourth-order valence-electron chi connectivity index (χ4n) is 2.15. The zero-order valence-corrected chi connectivity index (χ0v) is 14.2. The van der Waals surface area contributed by atoms with E-state index in [4.69, 9.17) is 18.9 Å². The molecule has 0 bridgehead atoms. The van der Waals surface area contributed by atoms with Crippen LogP contribution in [0.25, 0.3) is 12.2 Å². The third-order valence-corrected chi connectivity index (χ3v) is 3.31. The molecular weight excluding hydrogens is 308 g/mol. The van der Waals surface area contributed by atoms with Crippen molar-refractivity contribution in [2.45, 2.75) is 6.92 Å². The SMILES string of the molecule is COc1ccc(C=Cc2cc(OC)c(OC(C)=O)c(OC)c2)cc1. The molecule has 0 atom stereocenters. The van der Waals surface area contributed by atoms with Crippen molar-refractivity contribution in [2.75, 3.05) is 21.3 Å². The first-order valence-electron chi connectivity index (χ1n) is 7.34. The van der Waals surface area contributed by atoms with Gasteiger partial charge in [-0.3, -0.25) is 4.79 Å². The largest absolute Gasteiger partial charge is 0.497 e. The Hall–Kier alpha value is -2.95. The second kappa shape index (κ2) is 8.06. The smallest absolute Gasteiger partial charge is 0.308 e. The van der Waals surface area contributed by atoms with Gasteiger partial charge in [-0.25, -0.2) is 0 Å². The van der Waals surface area contributed by atoms with Crippen molar-refractivity contribution in [1.29, 1.82) is 0 Å². The van der Waals surface area contributed by atoms with Crippen molar-refractivity contribution in [3.63, 3.8) is 0 Å². The minimum Gasteiger partial charge on any atom is -0.497 e. The van der Waals surface area contributed by atoms with E-state index in [0.29, 0.717) is 11.5 Å². The Kier molecular flexibility index (Phi) is 5.84. The second-order valence-electron chi connectivity index (χ2n) is 4.95. The highest BCUT2D eigenvalue weighted by Gasteiger charge is 2.15. The molecule has 0 N–H and O–H groups in total. The number of ether oxygens (including phenoxy) is 4. The molecule has 2 aromatic carbocycles. The monoisotopic (exact) mass is 328 g/mol. The van der Waals surface area contributed by atoms with E-state index < -0.39 is 5.97 Å². The fraction of sp³-hybridized carbons (Fsp3) is 0.211. The molecule has 0 radical (unpaired) electrons. The van der Waals surface area contributed by atoms with E-state index in [1.54, 1.807) is 19.2 Å². The van der Waals surface area contributed by atoms with Gasteiger partial charge in [-0.15, -0.1) is 0 Å². The highest BCUT2D eigenvalue weighted by molar-refractivity contribution is 5.76. The Morgan fingerprint density at radius 3 is 1.83 bits per heavy atom. The van der Waals surface area contributed by atoms with Crippen LogP contribution in [0.4, 0.5) is 0 Å². The predicted octanol–water partition coefficient (Wildman–Crippen LogP) is 3.81. The molecular formula is C19H20O5. The van der Waals surface area contributed by atoms with E-state index in [0.717, 1.165) is 16.9 Å². The highest BCUT2D eigenvalue weighted by atomic mass is 16.6. The van der Waals surface area contributed by atoms with Crippen molar-refractivity contribution < 1.29 is 23.7 Å². The van der Waals surface area contributed by atoms with Crippen LogP contribution in [0.15, 0.2) is 36.4 Å². The van der Waals surface area contributed by atoms with Crippen LogP contribution in [0.1, 0.15) is 18.1 Å². The van der Waals surface area contributed by atoms with Crippen LogP contribution in [-0.2, 0) is 4.79 Å². The summed E-state index contributed by atoms with van der Waals surface area (Å²) in [7, 11) is 4.66. The maximum Gasteiger partial charge on any atom is 0.308 e. The number of hydrogen-bond donors (Lipinski definition) is 0. The minimum absolute atomic E-state index is 0.272. The molecule has 0 aliphatic rings. The summed E-state index contributed by atoms with van der Waals surface area (Å²) >= 11 is 0. The number of hydrogen-bond acceptors (Lipinski definition) is 5. The lowest BCUT2D eigenvalue weighted by Crippen LogP contribution is -2.05. The average Bonchev–Trinajstić information content (AvgIpc) is 2.60. The lowest BCUT2D eigenvalue weighted by Gasteiger charge is -2.13. The molecule has 2 aromatic rings. The van der Waals surface area contributed by atoms with Gasteiger partial charge >= 0.3 is 5.97 Å². The van der Waals surface area contributed by atoms with Crippen LogP contribution in [0.2, 0.25) is 0 Å². The van der Waals surface area contributed by atoms with Crippen molar-refractivity contribution in [3.05, 3.63) is 47.5 Å². The van der Waals surface area contributed by atoms with Gasteiger partial charge in [-0.05, 0) is 35.4 Å². The van der Waals surface area contributed by atoms with Gasteiger partial charge in [0.05, 0.1) is 21.3 Å². The van der Waals surface area contributed by atoms with Gasteiger partial charge < -0.3 is 18.9 Å². The van der Waals surface area contributed by atoms with E-state index in [2.05, 4.69) is 0 Å². The first-order chi connectivity index (χ1) is 11.6. The number of esters is 1. The van der Waals surface area contributed by atoms with Crippen LogP contribution >= 0.6 is 0 Å². The zero-order chi connectivity index (χ0) is 17.5. The third-order valence-electron chi connectivity index (χ3n) is 3.31. The lowest BCUT2D eigenvalue weighted by molar-refractivity contribution is -0.132. The molecule has 0 amide bonds. The number of rotatable bonds is 6. The van der Waals surface area contributed by atoms with Crippen molar-refractivity contribution in [2.24, 2.45) is 0 Å². The average molecular weight is 328 g/mol. The van der Waals surface area contributed by atoms with Gasteiger partial charge in [0.1, 0.15) is 5.75 Å². The van der Waals surface area contributed by atoms with Gasteiger partial charge in [-0.2, -0.15) is 0 Å². The fourth-order valence-corrected chi connectivity index (χ4v) is 2.15. The quantitative estimate of drug-likeness (QED) is 0.458. The van der Waals surface area contributed by atoms with E-state index in [1.807, 2.05) is 36.4 Å². The lowest BCUT2D eigenvalue weighted by atomic mass is 10.1. The summed E-state index contributed by atoms with van der Waals surface area (Å²) in [5.41, 5.74) is 1.88. The summed E-state index contributed by atoms with van der Waals surface area (Å²) in [6.07, 6.45) is 3.88. The Bertz CT molecular complexity index is 707. The molecule has 5 heteroatoms. The molecule has 0 spiro atoms. The predicted molar refractivity (Wildman–Crippen MR) is 92.8 cm³/mol. The standard InChI is InChI=1S/C19H20O5/c1-13(20)24-19-17(22-3)11-15(12-18(19)23-4)6-5-14-7-9-16(21-2)10-8-14/h5-12H,1-4H3. The molecule has 2 rings (SSSR count). The van der Waals surface area contributed by atoms with Crippen LogP contribution in [0, 0.1) is 0 Å². The van der Waals surface area contributed by atoms with E-state index in [1.165, 1.54) is 21.1 Å². The van der Waals surface area contributed by atoms with Crippen LogP contribution in [0.3, 0.4) is 0 Å². The van der Waals surface area contributed by atoms with Gasteiger partial charge in [-0.1, -0.05) is 24.3 Å².